The van der Waals surface area contributed by atoms with Crippen molar-refractivity contribution in [3.8, 4) is 0 Å². The Hall–Kier alpha value is -9.18. The molecule has 88 heavy (non-hydrogen) atoms. The van der Waals surface area contributed by atoms with Crippen LogP contribution in [0.4, 0.5) is 9.59 Å². The molecule has 0 saturated heterocycles. The van der Waals surface area contributed by atoms with Crippen LogP contribution in [0.3, 0.4) is 0 Å². The van der Waals surface area contributed by atoms with Crippen molar-refractivity contribution in [1.82, 2.24) is 10.6 Å². The van der Waals surface area contributed by atoms with Crippen LogP contribution in [0.1, 0.15) is 47.0 Å². The summed E-state index contributed by atoms with van der Waals surface area (Å²) in [6, 6.07) is -0.676. The lowest BCUT2D eigenvalue weighted by Gasteiger charge is -2.46. The van der Waals surface area contributed by atoms with E-state index in [1.54, 1.807) is 0 Å². The van der Waals surface area contributed by atoms with Crippen LogP contribution < -0.4 is 10.6 Å². The van der Waals surface area contributed by atoms with Crippen molar-refractivity contribution in [2.75, 3.05) is 106 Å². The highest BCUT2D eigenvalue weighted by atomic mass is 16.6. The zero-order valence-corrected chi connectivity index (χ0v) is 50.2. The second-order valence-corrected chi connectivity index (χ2v) is 21.5. The molecule has 1 saturated carbocycles. The quantitative estimate of drug-likeness (QED) is 0.0497. The van der Waals surface area contributed by atoms with Gasteiger partial charge < -0.3 is 76.9 Å². The van der Waals surface area contributed by atoms with Gasteiger partial charge in [0, 0.05) is 74.2 Å². The Morgan fingerprint density at radius 1 is 0.386 bits per heavy atom. The van der Waals surface area contributed by atoms with E-state index in [1.165, 1.54) is 0 Å². The molecule has 0 radical (unpaired) electrons. The van der Waals surface area contributed by atoms with Crippen LogP contribution >= 0.6 is 0 Å². The summed E-state index contributed by atoms with van der Waals surface area (Å²) in [6.07, 6.45) is 6.30. The number of esters is 10. The molecule has 0 aliphatic heterocycles. The molecule has 2 N–H and O–H groups in total. The van der Waals surface area contributed by atoms with Crippen LogP contribution in [-0.4, -0.2) is 189 Å². The van der Waals surface area contributed by atoms with Crippen molar-refractivity contribution >= 4 is 71.9 Å². The monoisotopic (exact) mass is 1240 g/mol. The second-order valence-electron chi connectivity index (χ2n) is 21.5. The van der Waals surface area contributed by atoms with Crippen molar-refractivity contribution in [1.29, 1.82) is 0 Å². The third-order valence-electron chi connectivity index (χ3n) is 12.5. The molecule has 0 aromatic carbocycles. The largest absolute Gasteiger partial charge is 0.465 e. The number of carbonyl (C=O) groups excluding carboxylic acids is 12. The van der Waals surface area contributed by atoms with Crippen molar-refractivity contribution < 1.29 is 124 Å². The van der Waals surface area contributed by atoms with Gasteiger partial charge in [-0.05, 0) is 30.1 Å². The van der Waals surface area contributed by atoms with Crippen LogP contribution in [0.15, 0.2) is 114 Å². The fourth-order valence-corrected chi connectivity index (χ4v) is 8.48. The predicted molar refractivity (Wildman–Crippen MR) is 307 cm³/mol. The average molecular weight is 1250 g/mol. The van der Waals surface area contributed by atoms with E-state index in [4.69, 9.17) is 66.3 Å². The standard InChI is InChI=1S/C60H80N2O26/c1-14-44(64)78-31-57(30-77-42(10)63,32-79-45(65)15-2)29-76-39-60(40-85-51(71)21-8,41-86-52(72)22-9)88-53(73)61-26-56(13)24-43(23-55(11,12)25-56)62-54(74)87-38-59(36-83-49(69)19-6,37-84-50(70)20-7)28-75-27-58(33-80-46(66)16-3,34-81-47(67)17-4)35-82-48(68)18-5/h14-22,43H,1-9,23-41H2,10-13H3,(H,61,73)(H,62,74). The number of hydrogen-bond acceptors (Lipinski definition) is 26. The molecule has 0 spiro atoms. The Kier molecular flexibility index (Phi) is 33.2. The summed E-state index contributed by atoms with van der Waals surface area (Å²) >= 11 is 0. The summed E-state index contributed by atoms with van der Waals surface area (Å²) in [4.78, 5) is 151. The molecular weight excluding hydrogens is 1160 g/mol. The van der Waals surface area contributed by atoms with Crippen LogP contribution in [0.2, 0.25) is 0 Å². The number of nitrogens with one attached hydrogen (secondary N) is 2. The maximum Gasteiger partial charge on any atom is 0.408 e. The Bertz CT molecular complexity index is 2450. The molecular formula is C60H80N2O26. The lowest BCUT2D eigenvalue weighted by Crippen LogP contribution is -2.54. The van der Waals surface area contributed by atoms with Gasteiger partial charge in [0.2, 0.25) is 5.60 Å². The molecule has 2 unspecified atom stereocenters. The third kappa shape index (κ3) is 29.8. The number of ether oxygens (including phenoxy) is 14. The molecule has 0 aromatic rings. The van der Waals surface area contributed by atoms with Gasteiger partial charge in [0.25, 0.3) is 0 Å². The Morgan fingerprint density at radius 2 is 0.670 bits per heavy atom. The number of amides is 2. The van der Waals surface area contributed by atoms with E-state index in [-0.39, 0.29) is 13.0 Å². The maximum absolute atomic E-state index is 14.1. The van der Waals surface area contributed by atoms with Gasteiger partial charge in [-0.15, -0.1) is 0 Å². The highest BCUT2D eigenvalue weighted by Crippen LogP contribution is 2.46. The topological polar surface area (TPSA) is 358 Å². The Morgan fingerprint density at radius 3 is 0.977 bits per heavy atom. The first-order valence-electron chi connectivity index (χ1n) is 26.7. The van der Waals surface area contributed by atoms with Crippen LogP contribution in [0.5, 0.6) is 0 Å². The summed E-state index contributed by atoms with van der Waals surface area (Å²) in [5.74, 6) is -9.24. The first kappa shape index (κ1) is 76.8. The van der Waals surface area contributed by atoms with E-state index in [0.29, 0.717) is 12.8 Å². The van der Waals surface area contributed by atoms with Gasteiger partial charge in [-0.2, -0.15) is 0 Å². The molecule has 28 heteroatoms. The molecule has 1 aliphatic carbocycles. The van der Waals surface area contributed by atoms with Gasteiger partial charge in [0.15, 0.2) is 0 Å². The van der Waals surface area contributed by atoms with Crippen LogP contribution in [0, 0.1) is 27.1 Å². The minimum Gasteiger partial charge on any atom is -0.465 e. The fraction of sp³-hybridized carbons (Fsp3) is 0.500. The van der Waals surface area contributed by atoms with Gasteiger partial charge in [0.05, 0.1) is 42.7 Å². The summed E-state index contributed by atoms with van der Waals surface area (Å²) in [6.45, 7) is 27.1. The van der Waals surface area contributed by atoms with Gasteiger partial charge in [-0.3, -0.25) is 4.79 Å². The van der Waals surface area contributed by atoms with Crippen LogP contribution in [-0.2, 0) is 114 Å². The SMILES string of the molecule is C=CC(=O)OCC(COCC(COC(=O)C=C)(COC(=O)C=C)OC(=O)NCC1(C)CC(NC(=O)OCC(COCC(COC(=O)C=C)(COC(=O)C=C)COC(=O)C=C)(COC(=O)C=C)COC(=O)C=C)CC(C)(C)C1)(COC(C)=O)COC(=O)C=C. The summed E-state index contributed by atoms with van der Waals surface area (Å²) in [5, 5.41) is 5.52. The maximum atomic E-state index is 14.1. The highest BCUT2D eigenvalue weighted by Gasteiger charge is 2.46. The number of carbonyl (C=O) groups is 12. The number of rotatable bonds is 43. The Labute approximate surface area is 510 Å². The molecule has 1 aliphatic rings. The molecule has 2 amide bonds. The van der Waals surface area contributed by atoms with E-state index in [2.05, 4.69) is 69.8 Å². The number of hydrogen-bond donors (Lipinski definition) is 2. The van der Waals surface area contributed by atoms with Crippen molar-refractivity contribution in [3.63, 3.8) is 0 Å². The highest BCUT2D eigenvalue weighted by molar-refractivity contribution is 5.84. The molecule has 1 rings (SSSR count). The predicted octanol–water partition coefficient (Wildman–Crippen LogP) is 3.88. The van der Waals surface area contributed by atoms with E-state index in [1.807, 2.05) is 20.8 Å². The summed E-state index contributed by atoms with van der Waals surface area (Å²) in [5.41, 5.74) is -8.65. The van der Waals surface area contributed by atoms with E-state index in [0.717, 1.165) is 61.6 Å². The lowest BCUT2D eigenvalue weighted by molar-refractivity contribution is -0.176. The molecule has 2 atom stereocenters. The first-order valence-corrected chi connectivity index (χ1v) is 26.7. The minimum absolute atomic E-state index is 0.148. The van der Waals surface area contributed by atoms with Gasteiger partial charge in [-0.1, -0.05) is 80.0 Å². The molecule has 0 aromatic heterocycles. The second kappa shape index (κ2) is 38.1. The summed E-state index contributed by atoms with van der Waals surface area (Å²) in [7, 11) is 0. The first-order chi connectivity index (χ1) is 41.4. The van der Waals surface area contributed by atoms with Gasteiger partial charge in [0.1, 0.15) is 72.7 Å². The smallest absolute Gasteiger partial charge is 0.408 e. The number of alkyl carbamates (subject to hydrolysis) is 2. The normalized spacial score (nSPS) is 15.1. The van der Waals surface area contributed by atoms with E-state index < -0.39 is 210 Å². The third-order valence-corrected chi connectivity index (χ3v) is 12.5. The van der Waals surface area contributed by atoms with E-state index in [9.17, 15) is 57.5 Å². The van der Waals surface area contributed by atoms with Crippen molar-refractivity contribution in [3.05, 3.63) is 114 Å². The van der Waals surface area contributed by atoms with Crippen molar-refractivity contribution in [2.24, 2.45) is 27.1 Å². The fourth-order valence-electron chi connectivity index (χ4n) is 8.48. The molecule has 28 nitrogen and oxygen atoms in total. The zero-order chi connectivity index (χ0) is 66.6. The zero-order valence-electron chi connectivity index (χ0n) is 50.2. The lowest BCUT2D eigenvalue weighted by atomic mass is 9.62. The van der Waals surface area contributed by atoms with Crippen LogP contribution in [0.25, 0.3) is 0 Å². The average Bonchev–Trinajstić information content (AvgIpc) is 1.01. The molecule has 0 heterocycles. The minimum atomic E-state index is -2.19. The Balaban J connectivity index is 3.68. The van der Waals surface area contributed by atoms with E-state index >= 15 is 0 Å². The molecule has 486 valence electrons. The summed E-state index contributed by atoms with van der Waals surface area (Å²) < 4.78 is 76.7. The van der Waals surface area contributed by atoms with Crippen molar-refractivity contribution in [2.45, 2.75) is 58.6 Å². The molecule has 1 fully saturated rings. The molecule has 0 bridgehead atoms. The van der Waals surface area contributed by atoms with Gasteiger partial charge >= 0.3 is 71.9 Å². The van der Waals surface area contributed by atoms with Gasteiger partial charge in [-0.25, -0.2) is 52.7 Å².